The number of pyridine rings is 1. The largest absolute Gasteiger partial charge is 0.368 e. The van der Waals surface area contributed by atoms with Crippen LogP contribution in [-0.4, -0.2) is 49.0 Å². The van der Waals surface area contributed by atoms with Crippen LogP contribution in [0.5, 0.6) is 0 Å². The van der Waals surface area contributed by atoms with Gasteiger partial charge in [-0.15, -0.1) is 0 Å². The molecule has 0 spiro atoms. The molecule has 1 aromatic heterocycles. The van der Waals surface area contributed by atoms with Crippen LogP contribution in [-0.2, 0) is 10.0 Å². The van der Waals surface area contributed by atoms with Crippen LogP contribution >= 0.6 is 11.6 Å². The monoisotopic (exact) mass is 332 g/mol. The number of amides is 1. The van der Waals surface area contributed by atoms with Gasteiger partial charge >= 0.3 is 0 Å². The van der Waals surface area contributed by atoms with Crippen molar-refractivity contribution in [2.75, 3.05) is 30.7 Å². The van der Waals surface area contributed by atoms with Crippen molar-refractivity contribution >= 4 is 33.3 Å². The summed E-state index contributed by atoms with van der Waals surface area (Å²) in [4.78, 5) is 15.0. The summed E-state index contributed by atoms with van der Waals surface area (Å²) in [6.07, 6.45) is 1.35. The van der Waals surface area contributed by atoms with E-state index >= 15 is 0 Å². The number of hydrogen-bond acceptors (Lipinski definition) is 5. The zero-order valence-electron chi connectivity index (χ0n) is 11.5. The van der Waals surface area contributed by atoms with E-state index in [4.69, 9.17) is 17.3 Å². The molecule has 1 amide bonds. The third-order valence-electron chi connectivity index (χ3n) is 3.37. The summed E-state index contributed by atoms with van der Waals surface area (Å²) in [6.45, 7) is 3.20. The lowest BCUT2D eigenvalue weighted by molar-refractivity contribution is 0.1000. The standard InChI is InChI=1S/C12H17ClN4O3S/c1-2-21(19,20)17-6-8(7-17)4-15-12-10(13)3-9(5-16-12)11(14)18/h3,5,8H,2,4,6-7H2,1H3,(H2,14,18)(H,15,16). The van der Waals surface area contributed by atoms with Gasteiger partial charge in [-0.2, -0.15) is 0 Å². The number of rotatable bonds is 6. The fourth-order valence-corrected chi connectivity index (χ4v) is 3.48. The van der Waals surface area contributed by atoms with E-state index in [9.17, 15) is 13.2 Å². The van der Waals surface area contributed by atoms with Crippen molar-refractivity contribution in [3.05, 3.63) is 22.8 Å². The van der Waals surface area contributed by atoms with Crippen LogP contribution in [0.2, 0.25) is 5.02 Å². The number of sulfonamides is 1. The topological polar surface area (TPSA) is 105 Å². The van der Waals surface area contributed by atoms with Gasteiger partial charge in [-0.05, 0) is 13.0 Å². The molecule has 1 aliphatic rings. The van der Waals surface area contributed by atoms with Gasteiger partial charge < -0.3 is 11.1 Å². The highest BCUT2D eigenvalue weighted by molar-refractivity contribution is 7.89. The molecule has 2 rings (SSSR count). The van der Waals surface area contributed by atoms with E-state index < -0.39 is 15.9 Å². The van der Waals surface area contributed by atoms with Gasteiger partial charge in [-0.1, -0.05) is 11.6 Å². The number of aromatic nitrogens is 1. The molecule has 1 aromatic rings. The highest BCUT2D eigenvalue weighted by Crippen LogP contribution is 2.23. The first kappa shape index (κ1) is 16.0. The Morgan fingerprint density at radius 2 is 2.24 bits per heavy atom. The summed E-state index contributed by atoms with van der Waals surface area (Å²) in [6, 6.07) is 1.45. The fourth-order valence-electron chi connectivity index (χ4n) is 2.01. The molecule has 21 heavy (non-hydrogen) atoms. The second kappa shape index (κ2) is 6.17. The predicted octanol–water partition coefficient (Wildman–Crippen LogP) is 0.527. The van der Waals surface area contributed by atoms with E-state index in [2.05, 4.69) is 10.3 Å². The molecule has 1 aliphatic heterocycles. The highest BCUT2D eigenvalue weighted by atomic mass is 35.5. The number of carbonyl (C=O) groups excluding carboxylic acids is 1. The zero-order chi connectivity index (χ0) is 15.6. The van der Waals surface area contributed by atoms with E-state index in [1.54, 1.807) is 6.92 Å². The summed E-state index contributed by atoms with van der Waals surface area (Å²) >= 11 is 6.00. The molecule has 9 heteroatoms. The molecule has 0 bridgehead atoms. The smallest absolute Gasteiger partial charge is 0.250 e. The van der Waals surface area contributed by atoms with Crippen molar-refractivity contribution in [1.29, 1.82) is 0 Å². The molecule has 7 nitrogen and oxygen atoms in total. The Bertz CT molecular complexity index is 644. The molecule has 0 aliphatic carbocycles. The minimum absolute atomic E-state index is 0.120. The van der Waals surface area contributed by atoms with E-state index in [-0.39, 0.29) is 17.2 Å². The zero-order valence-corrected chi connectivity index (χ0v) is 13.1. The molecule has 1 saturated heterocycles. The molecule has 116 valence electrons. The summed E-state index contributed by atoms with van der Waals surface area (Å²) in [7, 11) is -3.09. The summed E-state index contributed by atoms with van der Waals surface area (Å²) < 4.78 is 24.6. The van der Waals surface area contributed by atoms with Gasteiger partial charge in [0, 0.05) is 31.7 Å². The average Bonchev–Trinajstić information content (AvgIpc) is 2.38. The highest BCUT2D eigenvalue weighted by Gasteiger charge is 2.34. The Kier molecular flexibility index (Phi) is 4.70. The second-order valence-electron chi connectivity index (χ2n) is 4.88. The minimum atomic E-state index is -3.09. The van der Waals surface area contributed by atoms with E-state index in [0.717, 1.165) is 0 Å². The van der Waals surface area contributed by atoms with Gasteiger partial charge in [0.1, 0.15) is 5.82 Å². The van der Waals surface area contributed by atoms with Crippen molar-refractivity contribution in [2.24, 2.45) is 11.7 Å². The van der Waals surface area contributed by atoms with Crippen molar-refractivity contribution in [2.45, 2.75) is 6.92 Å². The predicted molar refractivity (Wildman–Crippen MR) is 80.8 cm³/mol. The molecule has 0 saturated carbocycles. The third-order valence-corrected chi connectivity index (χ3v) is 5.47. The van der Waals surface area contributed by atoms with Crippen molar-refractivity contribution in [1.82, 2.24) is 9.29 Å². The lowest BCUT2D eigenvalue weighted by atomic mass is 10.0. The maximum absolute atomic E-state index is 11.6. The Morgan fingerprint density at radius 1 is 1.57 bits per heavy atom. The van der Waals surface area contributed by atoms with Crippen LogP contribution in [0.3, 0.4) is 0 Å². The second-order valence-corrected chi connectivity index (χ2v) is 7.55. The van der Waals surface area contributed by atoms with Crippen LogP contribution in [0, 0.1) is 5.92 Å². The molecule has 2 heterocycles. The molecule has 3 N–H and O–H groups in total. The Morgan fingerprint density at radius 3 is 2.76 bits per heavy atom. The van der Waals surface area contributed by atoms with Crippen LogP contribution in [0.25, 0.3) is 0 Å². The van der Waals surface area contributed by atoms with Gasteiger partial charge in [0.2, 0.25) is 15.9 Å². The van der Waals surface area contributed by atoms with Crippen LogP contribution in [0.4, 0.5) is 5.82 Å². The van der Waals surface area contributed by atoms with Crippen molar-refractivity contribution < 1.29 is 13.2 Å². The lowest BCUT2D eigenvalue weighted by Gasteiger charge is -2.38. The summed E-state index contributed by atoms with van der Waals surface area (Å²) in [5, 5.41) is 3.36. The quantitative estimate of drug-likeness (QED) is 0.790. The van der Waals surface area contributed by atoms with E-state index in [0.29, 0.717) is 30.5 Å². The summed E-state index contributed by atoms with van der Waals surface area (Å²) in [5.41, 5.74) is 5.38. The fraction of sp³-hybridized carbons (Fsp3) is 0.500. The number of anilines is 1. The Hall–Kier alpha value is -1.38. The average molecular weight is 333 g/mol. The third kappa shape index (κ3) is 3.63. The lowest BCUT2D eigenvalue weighted by Crippen LogP contribution is -2.52. The van der Waals surface area contributed by atoms with Gasteiger partial charge in [-0.25, -0.2) is 17.7 Å². The first-order valence-electron chi connectivity index (χ1n) is 6.50. The number of nitrogens with zero attached hydrogens (tertiary/aromatic N) is 2. The summed E-state index contributed by atoms with van der Waals surface area (Å²) in [5.74, 6) is 0.212. The molecule has 0 radical (unpaired) electrons. The first-order chi connectivity index (χ1) is 9.83. The SMILES string of the molecule is CCS(=O)(=O)N1CC(CNc2ncc(C(N)=O)cc2Cl)C1. The van der Waals surface area contributed by atoms with Gasteiger partial charge in [0.25, 0.3) is 0 Å². The number of primary amides is 1. The normalized spacial score (nSPS) is 16.5. The molecular weight excluding hydrogens is 316 g/mol. The van der Waals surface area contributed by atoms with Gasteiger partial charge in [0.15, 0.2) is 0 Å². The molecular formula is C12H17ClN4O3S. The maximum Gasteiger partial charge on any atom is 0.250 e. The number of halogens is 1. The van der Waals surface area contributed by atoms with Crippen LogP contribution < -0.4 is 11.1 Å². The van der Waals surface area contributed by atoms with E-state index in [1.165, 1.54) is 16.6 Å². The molecule has 1 fully saturated rings. The minimum Gasteiger partial charge on any atom is -0.368 e. The molecule has 0 unspecified atom stereocenters. The van der Waals surface area contributed by atoms with Gasteiger partial charge in [-0.3, -0.25) is 4.79 Å². The molecule has 0 aromatic carbocycles. The van der Waals surface area contributed by atoms with Gasteiger partial charge in [0.05, 0.1) is 16.3 Å². The van der Waals surface area contributed by atoms with E-state index in [1.807, 2.05) is 0 Å². The van der Waals surface area contributed by atoms with Crippen molar-refractivity contribution in [3.8, 4) is 0 Å². The van der Waals surface area contributed by atoms with Crippen LogP contribution in [0.15, 0.2) is 12.3 Å². The number of nitrogens with one attached hydrogen (secondary N) is 1. The molecule has 0 atom stereocenters. The number of nitrogens with two attached hydrogens (primary N) is 1. The first-order valence-corrected chi connectivity index (χ1v) is 8.49. The maximum atomic E-state index is 11.6. The van der Waals surface area contributed by atoms with Crippen molar-refractivity contribution in [3.63, 3.8) is 0 Å². The number of hydrogen-bond donors (Lipinski definition) is 2. The number of carbonyl (C=O) groups is 1. The Labute approximate surface area is 128 Å². The van der Waals surface area contributed by atoms with Crippen LogP contribution in [0.1, 0.15) is 17.3 Å². The Balaban J connectivity index is 1.87.